The summed E-state index contributed by atoms with van der Waals surface area (Å²) in [5.74, 6) is 1.37. The summed E-state index contributed by atoms with van der Waals surface area (Å²) in [6.45, 7) is 2.55. The quantitative estimate of drug-likeness (QED) is 0.885. The molecule has 118 valence electrons. The molecule has 7 heteroatoms. The third-order valence-electron chi connectivity index (χ3n) is 2.95. The van der Waals surface area contributed by atoms with E-state index in [1.54, 1.807) is 6.07 Å². The summed E-state index contributed by atoms with van der Waals surface area (Å²) in [5.41, 5.74) is 0.846. The average Bonchev–Trinajstić information content (AvgIpc) is 2.50. The summed E-state index contributed by atoms with van der Waals surface area (Å²) in [5, 5.41) is 3.11. The van der Waals surface area contributed by atoms with E-state index < -0.39 is 10.0 Å². The highest BCUT2D eigenvalue weighted by atomic mass is 32.2. The highest BCUT2D eigenvalue weighted by molar-refractivity contribution is 7.89. The van der Waals surface area contributed by atoms with Crippen molar-refractivity contribution < 1.29 is 13.2 Å². The van der Waals surface area contributed by atoms with Crippen LogP contribution in [0.1, 0.15) is 6.92 Å². The molecule has 0 saturated heterocycles. The minimum Gasteiger partial charge on any atom is -0.494 e. The largest absolute Gasteiger partial charge is 0.494 e. The van der Waals surface area contributed by atoms with E-state index in [-0.39, 0.29) is 4.90 Å². The van der Waals surface area contributed by atoms with Crippen molar-refractivity contribution in [3.8, 4) is 5.75 Å². The number of hydrogen-bond donors (Lipinski definition) is 1. The molecule has 0 saturated carbocycles. The zero-order valence-electron chi connectivity index (χ0n) is 12.8. The summed E-state index contributed by atoms with van der Waals surface area (Å²) < 4.78 is 30.4. The van der Waals surface area contributed by atoms with Crippen LogP contribution in [-0.2, 0) is 10.0 Å². The number of pyridine rings is 1. The highest BCUT2D eigenvalue weighted by Crippen LogP contribution is 2.20. The fourth-order valence-electron chi connectivity index (χ4n) is 1.77. The minimum absolute atomic E-state index is 0.162. The first-order valence-electron chi connectivity index (χ1n) is 6.82. The van der Waals surface area contributed by atoms with Gasteiger partial charge in [-0.25, -0.2) is 17.7 Å². The molecule has 2 aromatic rings. The number of nitrogens with one attached hydrogen (secondary N) is 1. The summed E-state index contributed by atoms with van der Waals surface area (Å²) in [4.78, 5) is 4.30. The minimum atomic E-state index is -3.45. The van der Waals surface area contributed by atoms with Crippen LogP contribution in [0.2, 0.25) is 0 Å². The smallest absolute Gasteiger partial charge is 0.244 e. The number of aromatic nitrogens is 1. The number of anilines is 2. The van der Waals surface area contributed by atoms with Crippen LogP contribution >= 0.6 is 0 Å². The van der Waals surface area contributed by atoms with Gasteiger partial charge in [0.05, 0.1) is 6.61 Å². The van der Waals surface area contributed by atoms with Gasteiger partial charge in [-0.05, 0) is 43.3 Å². The van der Waals surface area contributed by atoms with Crippen molar-refractivity contribution in [2.24, 2.45) is 0 Å². The zero-order chi connectivity index (χ0) is 16.2. The fourth-order valence-corrected chi connectivity index (χ4v) is 2.61. The van der Waals surface area contributed by atoms with Gasteiger partial charge >= 0.3 is 0 Å². The molecule has 1 aromatic heterocycles. The molecule has 0 radical (unpaired) electrons. The molecule has 0 aliphatic rings. The van der Waals surface area contributed by atoms with Crippen molar-refractivity contribution in [1.82, 2.24) is 9.29 Å². The van der Waals surface area contributed by atoms with Gasteiger partial charge in [0.2, 0.25) is 10.0 Å². The lowest BCUT2D eigenvalue weighted by atomic mass is 10.3. The van der Waals surface area contributed by atoms with Gasteiger partial charge in [0, 0.05) is 26.0 Å². The van der Waals surface area contributed by atoms with Gasteiger partial charge in [-0.3, -0.25) is 0 Å². The molecule has 22 heavy (non-hydrogen) atoms. The molecule has 1 aromatic carbocycles. The molecular formula is C15H19N3O3S. The van der Waals surface area contributed by atoms with Crippen molar-refractivity contribution in [3.05, 3.63) is 42.6 Å². The molecule has 0 fully saturated rings. The first-order chi connectivity index (χ1) is 10.4. The van der Waals surface area contributed by atoms with Gasteiger partial charge in [0.25, 0.3) is 0 Å². The fraction of sp³-hybridized carbons (Fsp3) is 0.267. The van der Waals surface area contributed by atoms with E-state index in [4.69, 9.17) is 4.74 Å². The van der Waals surface area contributed by atoms with Crippen LogP contribution in [0.3, 0.4) is 0 Å². The Balaban J connectivity index is 2.11. The van der Waals surface area contributed by atoms with Gasteiger partial charge in [0.1, 0.15) is 16.5 Å². The van der Waals surface area contributed by atoms with Crippen LogP contribution in [0.4, 0.5) is 11.5 Å². The Labute approximate surface area is 130 Å². The molecule has 0 aliphatic heterocycles. The molecule has 1 heterocycles. The second-order valence-electron chi connectivity index (χ2n) is 4.75. The number of nitrogens with zero attached hydrogens (tertiary/aromatic N) is 2. The lowest BCUT2D eigenvalue weighted by Gasteiger charge is -2.12. The number of rotatable bonds is 6. The summed E-state index contributed by atoms with van der Waals surface area (Å²) in [7, 11) is -0.477. The van der Waals surface area contributed by atoms with Crippen LogP contribution in [0.25, 0.3) is 0 Å². The maximum absolute atomic E-state index is 12.0. The van der Waals surface area contributed by atoms with E-state index in [9.17, 15) is 8.42 Å². The lowest BCUT2D eigenvalue weighted by molar-refractivity contribution is 0.340. The van der Waals surface area contributed by atoms with Crippen molar-refractivity contribution in [2.75, 3.05) is 26.0 Å². The Morgan fingerprint density at radius 2 is 1.82 bits per heavy atom. The molecule has 0 amide bonds. The third-order valence-corrected chi connectivity index (χ3v) is 4.75. The second-order valence-corrected chi connectivity index (χ2v) is 6.90. The van der Waals surface area contributed by atoms with E-state index in [2.05, 4.69) is 10.3 Å². The van der Waals surface area contributed by atoms with Crippen molar-refractivity contribution in [3.63, 3.8) is 0 Å². The zero-order valence-corrected chi connectivity index (χ0v) is 13.6. The number of sulfonamides is 1. The summed E-state index contributed by atoms with van der Waals surface area (Å²) in [6.07, 6.45) is 1.34. The van der Waals surface area contributed by atoms with Crippen molar-refractivity contribution in [2.45, 2.75) is 11.8 Å². The Hall–Kier alpha value is -2.12. The predicted octanol–water partition coefficient (Wildman–Crippen LogP) is 2.47. The summed E-state index contributed by atoms with van der Waals surface area (Å²) in [6, 6.07) is 10.6. The predicted molar refractivity (Wildman–Crippen MR) is 86.0 cm³/mol. The van der Waals surface area contributed by atoms with E-state index in [1.165, 1.54) is 26.4 Å². The molecule has 1 N–H and O–H groups in total. The Morgan fingerprint density at radius 3 is 2.32 bits per heavy atom. The van der Waals surface area contributed by atoms with Crippen LogP contribution in [0.15, 0.2) is 47.5 Å². The first kappa shape index (κ1) is 16.3. The SMILES string of the molecule is CCOc1ccc(Nc2ccc(S(=O)(=O)N(C)C)cn2)cc1. The average molecular weight is 321 g/mol. The van der Waals surface area contributed by atoms with E-state index in [0.29, 0.717) is 12.4 Å². The van der Waals surface area contributed by atoms with Gasteiger partial charge in [-0.15, -0.1) is 0 Å². The van der Waals surface area contributed by atoms with E-state index >= 15 is 0 Å². The Kier molecular flexibility index (Phi) is 4.99. The summed E-state index contributed by atoms with van der Waals surface area (Å²) >= 11 is 0. The lowest BCUT2D eigenvalue weighted by Crippen LogP contribution is -2.22. The Morgan fingerprint density at radius 1 is 1.14 bits per heavy atom. The normalized spacial score (nSPS) is 11.5. The molecule has 0 bridgehead atoms. The molecule has 0 atom stereocenters. The van der Waals surface area contributed by atoms with Crippen LogP contribution in [0.5, 0.6) is 5.75 Å². The molecular weight excluding hydrogens is 302 g/mol. The van der Waals surface area contributed by atoms with Crippen molar-refractivity contribution >= 4 is 21.5 Å². The second kappa shape index (κ2) is 6.76. The van der Waals surface area contributed by atoms with Crippen LogP contribution < -0.4 is 10.1 Å². The topological polar surface area (TPSA) is 71.5 Å². The molecule has 6 nitrogen and oxygen atoms in total. The first-order valence-corrected chi connectivity index (χ1v) is 8.26. The van der Waals surface area contributed by atoms with E-state index in [0.717, 1.165) is 15.7 Å². The van der Waals surface area contributed by atoms with Gasteiger partial charge < -0.3 is 10.1 Å². The van der Waals surface area contributed by atoms with E-state index in [1.807, 2.05) is 31.2 Å². The Bertz CT molecular complexity index is 711. The molecule has 0 spiro atoms. The number of ether oxygens (including phenoxy) is 1. The number of hydrogen-bond acceptors (Lipinski definition) is 5. The molecule has 2 rings (SSSR count). The monoisotopic (exact) mass is 321 g/mol. The number of benzene rings is 1. The maximum Gasteiger partial charge on any atom is 0.244 e. The highest BCUT2D eigenvalue weighted by Gasteiger charge is 2.17. The van der Waals surface area contributed by atoms with Gasteiger partial charge in [0.15, 0.2) is 0 Å². The van der Waals surface area contributed by atoms with Gasteiger partial charge in [-0.1, -0.05) is 0 Å². The molecule has 0 unspecified atom stereocenters. The van der Waals surface area contributed by atoms with Crippen molar-refractivity contribution in [1.29, 1.82) is 0 Å². The van der Waals surface area contributed by atoms with Crippen LogP contribution in [0, 0.1) is 0 Å². The standard InChI is InChI=1S/C15H19N3O3S/c1-4-21-13-7-5-12(6-8-13)17-15-10-9-14(11-16-15)22(19,20)18(2)3/h5-11H,4H2,1-3H3,(H,16,17). The van der Waals surface area contributed by atoms with Crippen LogP contribution in [-0.4, -0.2) is 38.4 Å². The molecule has 0 aliphatic carbocycles. The van der Waals surface area contributed by atoms with Gasteiger partial charge in [-0.2, -0.15) is 0 Å². The maximum atomic E-state index is 12.0. The third kappa shape index (κ3) is 3.75.